The number of nitrogens with one attached hydrogen (secondary N) is 1. The van der Waals surface area contributed by atoms with Gasteiger partial charge in [-0.05, 0) is 37.1 Å². The van der Waals surface area contributed by atoms with Crippen LogP contribution in [0.15, 0.2) is 30.5 Å². The second-order valence-electron chi connectivity index (χ2n) is 5.73. The van der Waals surface area contributed by atoms with Crippen molar-refractivity contribution in [3.05, 3.63) is 30.5 Å². The summed E-state index contributed by atoms with van der Waals surface area (Å²) in [4.78, 5) is 4.36. The zero-order chi connectivity index (χ0) is 14.0. The molecule has 0 atom stereocenters. The van der Waals surface area contributed by atoms with Gasteiger partial charge < -0.3 is 16.2 Å². The molecule has 4 nitrogen and oxygen atoms in total. The lowest BCUT2D eigenvalue weighted by atomic mass is 9.82. The molecule has 1 aliphatic rings. The molecule has 0 saturated heterocycles. The van der Waals surface area contributed by atoms with Crippen molar-refractivity contribution in [1.29, 1.82) is 0 Å². The summed E-state index contributed by atoms with van der Waals surface area (Å²) < 4.78 is 0. The Morgan fingerprint density at radius 3 is 2.75 bits per heavy atom. The van der Waals surface area contributed by atoms with E-state index < -0.39 is 0 Å². The maximum atomic E-state index is 9.83. The predicted molar refractivity (Wildman–Crippen MR) is 82.7 cm³/mol. The normalized spacial score (nSPS) is 18.1. The van der Waals surface area contributed by atoms with E-state index in [0.717, 1.165) is 29.4 Å². The lowest BCUT2D eigenvalue weighted by Gasteiger charge is -2.37. The number of nitrogens with zero attached hydrogens (tertiary/aromatic N) is 1. The van der Waals surface area contributed by atoms with Crippen molar-refractivity contribution in [2.75, 3.05) is 17.7 Å². The number of hydrogen-bond acceptors (Lipinski definition) is 4. The first-order valence-corrected chi connectivity index (χ1v) is 7.26. The maximum absolute atomic E-state index is 9.83. The number of hydrogen-bond donors (Lipinski definition) is 3. The van der Waals surface area contributed by atoms with Gasteiger partial charge in [-0.1, -0.05) is 19.3 Å². The Hall–Kier alpha value is -1.81. The van der Waals surface area contributed by atoms with E-state index in [-0.39, 0.29) is 12.1 Å². The standard InChI is InChI=1S/C16H21N3O/c17-13-6-7-14(12-5-4-10-18-15(12)13)19-16(11-20)8-2-1-3-9-16/h4-7,10,19-20H,1-3,8-9,11,17H2. The molecule has 4 heteroatoms. The molecule has 2 aromatic rings. The molecule has 1 heterocycles. The molecule has 1 saturated carbocycles. The fourth-order valence-electron chi connectivity index (χ4n) is 3.14. The van der Waals surface area contributed by atoms with Crippen molar-refractivity contribution in [1.82, 2.24) is 4.98 Å². The minimum Gasteiger partial charge on any atom is -0.397 e. The average molecular weight is 271 g/mol. The zero-order valence-electron chi connectivity index (χ0n) is 11.6. The molecule has 0 aliphatic heterocycles. The Balaban J connectivity index is 2.00. The number of aliphatic hydroxyl groups is 1. The number of nitrogen functional groups attached to an aromatic ring is 1. The molecular weight excluding hydrogens is 250 g/mol. The van der Waals surface area contributed by atoms with Gasteiger partial charge in [0.2, 0.25) is 0 Å². The Labute approximate surface area is 119 Å². The third-order valence-corrected chi connectivity index (χ3v) is 4.31. The third-order valence-electron chi connectivity index (χ3n) is 4.31. The lowest BCUT2D eigenvalue weighted by Crippen LogP contribution is -2.43. The summed E-state index contributed by atoms with van der Waals surface area (Å²) in [6.07, 6.45) is 7.36. The Morgan fingerprint density at radius 1 is 1.20 bits per heavy atom. The van der Waals surface area contributed by atoms with Crippen molar-refractivity contribution in [3.8, 4) is 0 Å². The van der Waals surface area contributed by atoms with Crippen LogP contribution in [0.4, 0.5) is 11.4 Å². The van der Waals surface area contributed by atoms with Crippen LogP contribution in [0.3, 0.4) is 0 Å². The Morgan fingerprint density at radius 2 is 2.00 bits per heavy atom. The van der Waals surface area contributed by atoms with Gasteiger partial charge >= 0.3 is 0 Å². The van der Waals surface area contributed by atoms with Crippen molar-refractivity contribution in [3.63, 3.8) is 0 Å². The highest BCUT2D eigenvalue weighted by Gasteiger charge is 2.31. The summed E-state index contributed by atoms with van der Waals surface area (Å²) in [6.45, 7) is 0.166. The van der Waals surface area contributed by atoms with Gasteiger partial charge in [-0.2, -0.15) is 0 Å². The molecule has 4 N–H and O–H groups in total. The molecule has 20 heavy (non-hydrogen) atoms. The number of pyridine rings is 1. The van der Waals surface area contributed by atoms with Crippen molar-refractivity contribution in [2.45, 2.75) is 37.6 Å². The van der Waals surface area contributed by atoms with Crippen LogP contribution < -0.4 is 11.1 Å². The number of fused-ring (bicyclic) bond motifs is 1. The van der Waals surface area contributed by atoms with Crippen LogP contribution in [-0.2, 0) is 0 Å². The number of benzene rings is 1. The van der Waals surface area contributed by atoms with Crippen molar-refractivity contribution >= 4 is 22.3 Å². The van der Waals surface area contributed by atoms with E-state index in [2.05, 4.69) is 10.3 Å². The summed E-state index contributed by atoms with van der Waals surface area (Å²) in [5.74, 6) is 0. The van der Waals surface area contributed by atoms with Crippen LogP contribution in [0.2, 0.25) is 0 Å². The summed E-state index contributed by atoms with van der Waals surface area (Å²) in [7, 11) is 0. The van der Waals surface area contributed by atoms with E-state index in [0.29, 0.717) is 5.69 Å². The first-order chi connectivity index (χ1) is 9.74. The molecule has 0 unspecified atom stereocenters. The molecular formula is C16H21N3O. The van der Waals surface area contributed by atoms with E-state index in [1.807, 2.05) is 24.3 Å². The van der Waals surface area contributed by atoms with E-state index in [4.69, 9.17) is 5.73 Å². The minimum absolute atomic E-state index is 0.166. The van der Waals surface area contributed by atoms with Gasteiger partial charge in [-0.3, -0.25) is 4.98 Å². The molecule has 0 radical (unpaired) electrons. The molecule has 3 rings (SSSR count). The van der Waals surface area contributed by atoms with Gasteiger partial charge in [0.1, 0.15) is 0 Å². The fourth-order valence-corrected chi connectivity index (χ4v) is 3.14. The molecule has 0 amide bonds. The molecule has 1 aromatic heterocycles. The molecule has 1 aliphatic carbocycles. The smallest absolute Gasteiger partial charge is 0.0951 e. The second kappa shape index (κ2) is 5.29. The van der Waals surface area contributed by atoms with E-state index in [1.54, 1.807) is 6.20 Å². The van der Waals surface area contributed by atoms with Gasteiger partial charge in [0, 0.05) is 17.3 Å². The maximum Gasteiger partial charge on any atom is 0.0951 e. The van der Waals surface area contributed by atoms with E-state index >= 15 is 0 Å². The Bertz CT molecular complexity index is 606. The monoisotopic (exact) mass is 271 g/mol. The van der Waals surface area contributed by atoms with Crippen molar-refractivity contribution in [2.24, 2.45) is 0 Å². The minimum atomic E-state index is -0.197. The first-order valence-electron chi connectivity index (χ1n) is 7.26. The van der Waals surface area contributed by atoms with Gasteiger partial charge in [0.15, 0.2) is 0 Å². The van der Waals surface area contributed by atoms with Crippen molar-refractivity contribution < 1.29 is 5.11 Å². The third kappa shape index (κ3) is 2.31. The predicted octanol–water partition coefficient (Wildman–Crippen LogP) is 2.92. The molecule has 0 bridgehead atoms. The zero-order valence-corrected chi connectivity index (χ0v) is 11.6. The molecule has 0 spiro atoms. The average Bonchev–Trinajstić information content (AvgIpc) is 2.51. The van der Waals surface area contributed by atoms with Gasteiger partial charge in [0.05, 0.1) is 23.3 Å². The number of rotatable bonds is 3. The lowest BCUT2D eigenvalue weighted by molar-refractivity contribution is 0.173. The van der Waals surface area contributed by atoms with E-state index in [9.17, 15) is 5.11 Å². The van der Waals surface area contributed by atoms with E-state index in [1.165, 1.54) is 19.3 Å². The number of aliphatic hydroxyl groups excluding tert-OH is 1. The summed E-state index contributed by atoms with van der Waals surface area (Å²) in [5.41, 5.74) is 8.31. The number of nitrogens with two attached hydrogens (primary N) is 1. The van der Waals surface area contributed by atoms with Crippen LogP contribution in [0.25, 0.3) is 10.9 Å². The topological polar surface area (TPSA) is 71.2 Å². The second-order valence-corrected chi connectivity index (χ2v) is 5.73. The van der Waals surface area contributed by atoms with Gasteiger partial charge in [-0.25, -0.2) is 0 Å². The highest BCUT2D eigenvalue weighted by atomic mass is 16.3. The van der Waals surface area contributed by atoms with Crippen LogP contribution >= 0.6 is 0 Å². The number of anilines is 2. The van der Waals surface area contributed by atoms with Gasteiger partial charge in [0.25, 0.3) is 0 Å². The molecule has 1 fully saturated rings. The quantitative estimate of drug-likeness (QED) is 0.751. The van der Waals surface area contributed by atoms with Gasteiger partial charge in [-0.15, -0.1) is 0 Å². The van der Waals surface area contributed by atoms with Crippen LogP contribution in [0, 0.1) is 0 Å². The largest absolute Gasteiger partial charge is 0.397 e. The summed E-state index contributed by atoms with van der Waals surface area (Å²) >= 11 is 0. The number of aromatic nitrogens is 1. The highest BCUT2D eigenvalue weighted by molar-refractivity contribution is 5.98. The summed E-state index contributed by atoms with van der Waals surface area (Å²) in [6, 6.07) is 7.81. The Kier molecular flexibility index (Phi) is 3.49. The van der Waals surface area contributed by atoms with Crippen LogP contribution in [0.5, 0.6) is 0 Å². The first kappa shape index (κ1) is 13.2. The summed E-state index contributed by atoms with van der Waals surface area (Å²) in [5, 5.41) is 14.4. The molecule has 1 aromatic carbocycles. The SMILES string of the molecule is Nc1ccc(NC2(CO)CCCCC2)c2cccnc12. The molecule has 106 valence electrons. The van der Waals surface area contributed by atoms with Crippen LogP contribution in [0.1, 0.15) is 32.1 Å². The fraction of sp³-hybridized carbons (Fsp3) is 0.438. The highest BCUT2D eigenvalue weighted by Crippen LogP contribution is 2.34. The van der Waals surface area contributed by atoms with Crippen LogP contribution in [-0.4, -0.2) is 22.2 Å².